The summed E-state index contributed by atoms with van der Waals surface area (Å²) in [7, 11) is 0. The van der Waals surface area contributed by atoms with Gasteiger partial charge in [-0.15, -0.1) is 0 Å². The summed E-state index contributed by atoms with van der Waals surface area (Å²) in [5.74, 6) is 0.419. The SMILES string of the molecule is CC(C)c1ccc(NC(=O)CCc2nc(-c3cccc(C(F)(F)F)c3)no2)cc1. The van der Waals surface area contributed by atoms with Crippen molar-refractivity contribution in [2.24, 2.45) is 0 Å². The fourth-order valence-corrected chi connectivity index (χ4v) is 2.70. The number of carbonyl (C=O) groups excluding carboxylic acids is 1. The molecule has 0 aliphatic carbocycles. The summed E-state index contributed by atoms with van der Waals surface area (Å²) in [5.41, 5.74) is 1.28. The highest BCUT2D eigenvalue weighted by molar-refractivity contribution is 5.90. The van der Waals surface area contributed by atoms with E-state index in [-0.39, 0.29) is 36.0 Å². The van der Waals surface area contributed by atoms with Gasteiger partial charge in [0.05, 0.1) is 5.56 Å². The third-order valence-corrected chi connectivity index (χ3v) is 4.34. The van der Waals surface area contributed by atoms with E-state index in [1.54, 1.807) is 0 Å². The van der Waals surface area contributed by atoms with Crippen molar-refractivity contribution in [1.82, 2.24) is 10.1 Å². The number of nitrogens with zero attached hydrogens (tertiary/aromatic N) is 2. The number of nitrogens with one attached hydrogen (secondary N) is 1. The Morgan fingerprint density at radius 3 is 2.52 bits per heavy atom. The maximum absolute atomic E-state index is 12.8. The van der Waals surface area contributed by atoms with E-state index in [9.17, 15) is 18.0 Å². The van der Waals surface area contributed by atoms with Crippen molar-refractivity contribution in [1.29, 1.82) is 0 Å². The molecule has 0 bridgehead atoms. The van der Waals surface area contributed by atoms with Gasteiger partial charge in [0.15, 0.2) is 0 Å². The first kappa shape index (κ1) is 20.6. The molecule has 0 saturated heterocycles. The molecule has 0 aliphatic heterocycles. The summed E-state index contributed by atoms with van der Waals surface area (Å²) in [5, 5.41) is 6.50. The summed E-state index contributed by atoms with van der Waals surface area (Å²) >= 11 is 0. The molecule has 0 atom stereocenters. The van der Waals surface area contributed by atoms with Gasteiger partial charge in [-0.3, -0.25) is 4.79 Å². The van der Waals surface area contributed by atoms with Crippen LogP contribution < -0.4 is 5.32 Å². The monoisotopic (exact) mass is 403 g/mol. The molecule has 0 saturated carbocycles. The van der Waals surface area contributed by atoms with E-state index in [1.807, 2.05) is 24.3 Å². The Balaban J connectivity index is 1.58. The van der Waals surface area contributed by atoms with Gasteiger partial charge in [-0.05, 0) is 35.7 Å². The molecule has 0 aliphatic rings. The fraction of sp³-hybridized carbons (Fsp3) is 0.286. The van der Waals surface area contributed by atoms with Crippen molar-refractivity contribution in [2.75, 3.05) is 5.32 Å². The Morgan fingerprint density at radius 2 is 1.86 bits per heavy atom. The molecule has 1 aromatic heterocycles. The predicted molar refractivity (Wildman–Crippen MR) is 102 cm³/mol. The van der Waals surface area contributed by atoms with Crippen LogP contribution in [0.5, 0.6) is 0 Å². The van der Waals surface area contributed by atoms with E-state index in [0.717, 1.165) is 12.1 Å². The first-order chi connectivity index (χ1) is 13.7. The van der Waals surface area contributed by atoms with Gasteiger partial charge in [0, 0.05) is 24.1 Å². The van der Waals surface area contributed by atoms with Crippen LogP contribution in [0.1, 0.15) is 43.2 Å². The van der Waals surface area contributed by atoms with Gasteiger partial charge in [0.1, 0.15) is 0 Å². The Bertz CT molecular complexity index is 979. The second kappa shape index (κ2) is 8.46. The molecular formula is C21H20F3N3O2. The number of alkyl halides is 3. The third-order valence-electron chi connectivity index (χ3n) is 4.34. The van der Waals surface area contributed by atoms with Crippen LogP contribution in [0.3, 0.4) is 0 Å². The summed E-state index contributed by atoms with van der Waals surface area (Å²) in [6, 6.07) is 12.3. The maximum atomic E-state index is 12.8. The second-order valence-corrected chi connectivity index (χ2v) is 6.92. The third kappa shape index (κ3) is 5.43. The number of amides is 1. The van der Waals surface area contributed by atoms with Gasteiger partial charge >= 0.3 is 6.18 Å². The molecule has 8 heteroatoms. The Hall–Kier alpha value is -3.16. The van der Waals surface area contributed by atoms with Crippen LogP contribution in [-0.2, 0) is 17.4 Å². The number of hydrogen-bond donors (Lipinski definition) is 1. The molecule has 0 spiro atoms. The van der Waals surface area contributed by atoms with Crippen LogP contribution in [0.25, 0.3) is 11.4 Å². The van der Waals surface area contributed by atoms with Gasteiger partial charge in [-0.1, -0.05) is 43.3 Å². The van der Waals surface area contributed by atoms with Crippen molar-refractivity contribution in [2.45, 2.75) is 38.8 Å². The minimum absolute atomic E-state index is 0.0517. The zero-order chi connectivity index (χ0) is 21.0. The molecule has 0 radical (unpaired) electrons. The van der Waals surface area contributed by atoms with E-state index in [2.05, 4.69) is 29.3 Å². The van der Waals surface area contributed by atoms with Crippen molar-refractivity contribution >= 4 is 11.6 Å². The number of anilines is 1. The summed E-state index contributed by atoms with van der Waals surface area (Å²) < 4.78 is 43.6. The minimum Gasteiger partial charge on any atom is -0.339 e. The van der Waals surface area contributed by atoms with Crippen LogP contribution in [0, 0.1) is 0 Å². The number of aryl methyl sites for hydroxylation is 1. The minimum atomic E-state index is -4.45. The lowest BCUT2D eigenvalue weighted by Crippen LogP contribution is -2.12. The number of rotatable bonds is 6. The summed E-state index contributed by atoms with van der Waals surface area (Å²) in [4.78, 5) is 16.2. The number of carbonyl (C=O) groups is 1. The quantitative estimate of drug-likeness (QED) is 0.594. The average molecular weight is 403 g/mol. The highest BCUT2D eigenvalue weighted by Gasteiger charge is 2.30. The van der Waals surface area contributed by atoms with E-state index in [0.29, 0.717) is 11.6 Å². The highest BCUT2D eigenvalue weighted by atomic mass is 19.4. The molecule has 1 amide bonds. The van der Waals surface area contributed by atoms with Crippen molar-refractivity contribution in [3.05, 3.63) is 65.5 Å². The Morgan fingerprint density at radius 1 is 1.14 bits per heavy atom. The number of hydrogen-bond acceptors (Lipinski definition) is 4. The zero-order valence-corrected chi connectivity index (χ0v) is 16.0. The van der Waals surface area contributed by atoms with Crippen LogP contribution in [0.4, 0.5) is 18.9 Å². The zero-order valence-electron chi connectivity index (χ0n) is 16.0. The van der Waals surface area contributed by atoms with Gasteiger partial charge in [0.25, 0.3) is 0 Å². The smallest absolute Gasteiger partial charge is 0.339 e. The Labute approximate surface area is 165 Å². The van der Waals surface area contributed by atoms with Gasteiger partial charge in [-0.25, -0.2) is 0 Å². The van der Waals surface area contributed by atoms with E-state index in [4.69, 9.17) is 4.52 Å². The maximum Gasteiger partial charge on any atom is 0.416 e. The van der Waals surface area contributed by atoms with Crippen LogP contribution in [-0.4, -0.2) is 16.0 Å². The first-order valence-electron chi connectivity index (χ1n) is 9.12. The average Bonchev–Trinajstić information content (AvgIpc) is 3.15. The van der Waals surface area contributed by atoms with Crippen LogP contribution in [0.2, 0.25) is 0 Å². The van der Waals surface area contributed by atoms with Crippen LogP contribution in [0.15, 0.2) is 53.1 Å². The van der Waals surface area contributed by atoms with Crippen LogP contribution >= 0.6 is 0 Å². The first-order valence-corrected chi connectivity index (χ1v) is 9.12. The number of benzene rings is 2. The Kier molecular flexibility index (Phi) is 6.00. The molecular weight excluding hydrogens is 383 g/mol. The topological polar surface area (TPSA) is 68.0 Å². The van der Waals surface area contributed by atoms with Crippen molar-refractivity contribution in [3.8, 4) is 11.4 Å². The normalized spacial score (nSPS) is 11.7. The van der Waals surface area contributed by atoms with Gasteiger partial charge in [-0.2, -0.15) is 18.2 Å². The molecule has 29 heavy (non-hydrogen) atoms. The molecule has 3 aromatic rings. The molecule has 1 heterocycles. The molecule has 2 aromatic carbocycles. The summed E-state index contributed by atoms with van der Waals surface area (Å²) in [6.07, 6.45) is -4.16. The lowest BCUT2D eigenvalue weighted by Gasteiger charge is -2.08. The van der Waals surface area contributed by atoms with E-state index < -0.39 is 11.7 Å². The van der Waals surface area contributed by atoms with E-state index in [1.165, 1.54) is 17.7 Å². The predicted octanol–water partition coefficient (Wildman–Crippen LogP) is 5.45. The largest absolute Gasteiger partial charge is 0.416 e. The van der Waals surface area contributed by atoms with Gasteiger partial charge < -0.3 is 9.84 Å². The fourth-order valence-electron chi connectivity index (χ4n) is 2.70. The van der Waals surface area contributed by atoms with Crippen molar-refractivity contribution in [3.63, 3.8) is 0 Å². The second-order valence-electron chi connectivity index (χ2n) is 6.92. The lowest BCUT2D eigenvalue weighted by molar-refractivity contribution is -0.137. The molecule has 0 unspecified atom stereocenters. The van der Waals surface area contributed by atoms with E-state index >= 15 is 0 Å². The van der Waals surface area contributed by atoms with Gasteiger partial charge in [0.2, 0.25) is 17.6 Å². The summed E-state index contributed by atoms with van der Waals surface area (Å²) in [6.45, 7) is 4.18. The number of aromatic nitrogens is 2. The molecule has 1 N–H and O–H groups in total. The lowest BCUT2D eigenvalue weighted by atomic mass is 10.0. The highest BCUT2D eigenvalue weighted by Crippen LogP contribution is 2.31. The number of halogens is 3. The standard InChI is InChI=1S/C21H20F3N3O2/c1-13(2)14-6-8-17(9-7-14)25-18(28)10-11-19-26-20(27-29-19)15-4-3-5-16(12-15)21(22,23)24/h3-9,12-13H,10-11H2,1-2H3,(H,25,28). The molecule has 152 valence electrons. The molecule has 3 rings (SSSR count). The molecule has 5 nitrogen and oxygen atoms in total. The molecule has 0 fully saturated rings. The van der Waals surface area contributed by atoms with Crippen molar-refractivity contribution < 1.29 is 22.5 Å².